The summed E-state index contributed by atoms with van der Waals surface area (Å²) >= 11 is 0. The predicted octanol–water partition coefficient (Wildman–Crippen LogP) is 8.62. The number of rotatable bonds is 17. The zero-order valence-corrected chi connectivity index (χ0v) is 28.4. The van der Waals surface area contributed by atoms with E-state index in [1.165, 1.54) is 12.5 Å². The summed E-state index contributed by atoms with van der Waals surface area (Å²) in [6, 6.07) is 21.5. The molecule has 8 nitrogen and oxygen atoms in total. The molecule has 1 fully saturated rings. The predicted molar refractivity (Wildman–Crippen MR) is 185 cm³/mol. The first-order chi connectivity index (χ1) is 23.2. The van der Waals surface area contributed by atoms with Gasteiger partial charge in [-0.2, -0.15) is 0 Å². The molecule has 3 aromatic carbocycles. The first kappa shape index (κ1) is 36.4. The lowest BCUT2D eigenvalue weighted by Crippen LogP contribution is -2.36. The average molecular weight is 657 g/mol. The molecule has 0 bridgehead atoms. The molecule has 0 spiro atoms. The van der Waals surface area contributed by atoms with Crippen LogP contribution in [0.2, 0.25) is 0 Å². The minimum atomic E-state index is -0.507. The third-order valence-corrected chi connectivity index (χ3v) is 8.67. The molecule has 3 aromatic rings. The van der Waals surface area contributed by atoms with Gasteiger partial charge in [0, 0.05) is 6.08 Å². The molecule has 1 aliphatic rings. The summed E-state index contributed by atoms with van der Waals surface area (Å²) in [7, 11) is 0. The maximum atomic E-state index is 12.8. The van der Waals surface area contributed by atoms with Crippen molar-refractivity contribution in [1.82, 2.24) is 0 Å². The van der Waals surface area contributed by atoms with Crippen LogP contribution in [-0.2, 0) is 19.1 Å². The van der Waals surface area contributed by atoms with E-state index in [1.54, 1.807) is 36.4 Å². The van der Waals surface area contributed by atoms with E-state index in [9.17, 15) is 14.4 Å². The van der Waals surface area contributed by atoms with Crippen molar-refractivity contribution < 1.29 is 38.1 Å². The topological polar surface area (TPSA) is 97.4 Å². The minimum absolute atomic E-state index is 0.0644. The van der Waals surface area contributed by atoms with Crippen LogP contribution in [0, 0.1) is 17.8 Å². The van der Waals surface area contributed by atoms with Gasteiger partial charge >= 0.3 is 17.9 Å². The van der Waals surface area contributed by atoms with Crippen molar-refractivity contribution in [3.8, 4) is 28.4 Å². The van der Waals surface area contributed by atoms with Gasteiger partial charge in [0.05, 0.1) is 24.9 Å². The van der Waals surface area contributed by atoms with E-state index in [-0.39, 0.29) is 18.7 Å². The SMILES string of the molecule is C=CC(=O)OCCCCCCOc1ccc(-c2ccc(OC(=O)c3ccc(OC(=O)COC4CC(C)CCC4C(C)C)cc3)cc2)cc1. The fourth-order valence-corrected chi connectivity index (χ4v) is 5.91. The molecule has 1 aliphatic carbocycles. The highest BCUT2D eigenvalue weighted by molar-refractivity contribution is 5.91. The summed E-state index contributed by atoms with van der Waals surface area (Å²) in [6.45, 7) is 11.0. The van der Waals surface area contributed by atoms with E-state index in [2.05, 4.69) is 27.4 Å². The molecule has 1 saturated carbocycles. The van der Waals surface area contributed by atoms with Gasteiger partial charge in [-0.25, -0.2) is 14.4 Å². The molecule has 0 aliphatic heterocycles. The summed E-state index contributed by atoms with van der Waals surface area (Å²) in [5.74, 6) is 1.77. The molecule has 0 aromatic heterocycles. The van der Waals surface area contributed by atoms with Gasteiger partial charge in [0.25, 0.3) is 0 Å². The fraction of sp³-hybridized carbons (Fsp3) is 0.425. The molecule has 48 heavy (non-hydrogen) atoms. The summed E-state index contributed by atoms with van der Waals surface area (Å²) in [5, 5.41) is 0. The Balaban J connectivity index is 1.17. The summed E-state index contributed by atoms with van der Waals surface area (Å²) < 4.78 is 27.8. The Hall–Kier alpha value is -4.43. The van der Waals surface area contributed by atoms with E-state index in [0.29, 0.717) is 48.0 Å². The van der Waals surface area contributed by atoms with Crippen molar-refractivity contribution in [2.24, 2.45) is 17.8 Å². The number of ether oxygens (including phenoxy) is 5. The van der Waals surface area contributed by atoms with Crippen molar-refractivity contribution >= 4 is 17.9 Å². The quantitative estimate of drug-likeness (QED) is 0.0617. The van der Waals surface area contributed by atoms with Crippen LogP contribution in [-0.4, -0.2) is 43.8 Å². The number of benzene rings is 3. The highest BCUT2D eigenvalue weighted by Crippen LogP contribution is 2.35. The third-order valence-electron chi connectivity index (χ3n) is 8.67. The Labute approximate surface area is 284 Å². The highest BCUT2D eigenvalue weighted by atomic mass is 16.6. The molecular formula is C40H48O8. The summed E-state index contributed by atoms with van der Waals surface area (Å²) in [6.07, 6.45) is 8.22. The fourth-order valence-electron chi connectivity index (χ4n) is 5.91. The van der Waals surface area contributed by atoms with E-state index in [1.807, 2.05) is 36.4 Å². The standard InChI is InChI=1S/C40H48O8/c1-5-38(41)45-25-9-7-6-8-24-44-33-17-11-30(12-18-33)31-13-19-35(20-14-31)48-40(43)32-15-21-34(22-16-32)47-39(42)27-46-37-26-29(4)10-23-36(37)28(2)3/h5,11-22,28-29,36-37H,1,6-10,23-27H2,2-4H3. The van der Waals surface area contributed by atoms with Crippen LogP contribution in [0.25, 0.3) is 11.1 Å². The van der Waals surface area contributed by atoms with Gasteiger partial charge in [-0.3, -0.25) is 0 Å². The van der Waals surface area contributed by atoms with E-state index in [0.717, 1.165) is 55.4 Å². The number of carbonyl (C=O) groups excluding carboxylic acids is 3. The molecule has 8 heteroatoms. The van der Waals surface area contributed by atoms with Crippen molar-refractivity contribution in [2.75, 3.05) is 19.8 Å². The maximum absolute atomic E-state index is 12.8. The van der Waals surface area contributed by atoms with Crippen LogP contribution in [0.3, 0.4) is 0 Å². The number of hydrogen-bond donors (Lipinski definition) is 0. The molecule has 3 unspecified atom stereocenters. The van der Waals surface area contributed by atoms with E-state index < -0.39 is 11.9 Å². The lowest BCUT2D eigenvalue weighted by atomic mass is 9.75. The normalized spacial score (nSPS) is 17.4. The molecular weight excluding hydrogens is 608 g/mol. The Morgan fingerprint density at radius 3 is 1.98 bits per heavy atom. The molecule has 3 atom stereocenters. The minimum Gasteiger partial charge on any atom is -0.494 e. The van der Waals surface area contributed by atoms with Crippen molar-refractivity contribution in [3.05, 3.63) is 91.0 Å². The second kappa shape index (κ2) is 18.8. The van der Waals surface area contributed by atoms with Crippen LogP contribution < -0.4 is 14.2 Å². The van der Waals surface area contributed by atoms with Gasteiger partial charge in [0.1, 0.15) is 23.9 Å². The molecule has 0 N–H and O–H groups in total. The molecule has 0 amide bonds. The number of hydrogen-bond acceptors (Lipinski definition) is 8. The number of unbranched alkanes of at least 4 members (excludes halogenated alkanes) is 3. The number of esters is 3. The molecule has 0 saturated heterocycles. The first-order valence-corrected chi connectivity index (χ1v) is 17.0. The van der Waals surface area contributed by atoms with Crippen molar-refractivity contribution in [3.63, 3.8) is 0 Å². The van der Waals surface area contributed by atoms with Gasteiger partial charge in [0.15, 0.2) is 0 Å². The zero-order valence-electron chi connectivity index (χ0n) is 28.4. The lowest BCUT2D eigenvalue weighted by molar-refractivity contribution is -0.145. The van der Waals surface area contributed by atoms with Crippen molar-refractivity contribution in [2.45, 2.75) is 71.8 Å². The largest absolute Gasteiger partial charge is 0.494 e. The van der Waals surface area contributed by atoms with Crippen LogP contribution >= 0.6 is 0 Å². The van der Waals surface area contributed by atoms with Crippen LogP contribution in [0.15, 0.2) is 85.5 Å². The monoisotopic (exact) mass is 656 g/mol. The summed E-state index contributed by atoms with van der Waals surface area (Å²) in [5.41, 5.74) is 2.33. The number of carbonyl (C=O) groups is 3. The van der Waals surface area contributed by atoms with Gasteiger partial charge in [-0.1, -0.05) is 58.0 Å². The molecule has 4 rings (SSSR count). The lowest BCUT2D eigenvalue weighted by Gasteiger charge is -2.36. The molecule has 0 heterocycles. The summed E-state index contributed by atoms with van der Waals surface area (Å²) in [4.78, 5) is 36.3. The van der Waals surface area contributed by atoms with Crippen LogP contribution in [0.4, 0.5) is 0 Å². The Bertz CT molecular complexity index is 1460. The highest BCUT2D eigenvalue weighted by Gasteiger charge is 2.32. The third kappa shape index (κ3) is 11.7. The average Bonchev–Trinajstić information content (AvgIpc) is 3.09. The smallest absolute Gasteiger partial charge is 0.343 e. The Kier molecular flexibility index (Phi) is 14.3. The van der Waals surface area contributed by atoms with Gasteiger partial charge < -0.3 is 23.7 Å². The van der Waals surface area contributed by atoms with Gasteiger partial charge in [-0.05, 0) is 116 Å². The van der Waals surface area contributed by atoms with Crippen LogP contribution in [0.1, 0.15) is 76.1 Å². The Morgan fingerprint density at radius 1 is 0.771 bits per heavy atom. The first-order valence-electron chi connectivity index (χ1n) is 17.0. The van der Waals surface area contributed by atoms with Crippen LogP contribution in [0.5, 0.6) is 17.2 Å². The van der Waals surface area contributed by atoms with Gasteiger partial charge in [0.2, 0.25) is 0 Å². The molecule has 256 valence electrons. The zero-order chi connectivity index (χ0) is 34.3. The maximum Gasteiger partial charge on any atom is 0.343 e. The second-order valence-corrected chi connectivity index (χ2v) is 12.7. The van der Waals surface area contributed by atoms with Gasteiger partial charge in [-0.15, -0.1) is 0 Å². The molecule has 0 radical (unpaired) electrons. The van der Waals surface area contributed by atoms with E-state index in [4.69, 9.17) is 23.7 Å². The van der Waals surface area contributed by atoms with Crippen molar-refractivity contribution in [1.29, 1.82) is 0 Å². The Morgan fingerprint density at radius 2 is 1.35 bits per heavy atom. The van der Waals surface area contributed by atoms with E-state index >= 15 is 0 Å². The second-order valence-electron chi connectivity index (χ2n) is 12.7.